The smallest absolute Gasteiger partial charge is 0.416 e. The van der Waals surface area contributed by atoms with Crippen LogP contribution in [0.3, 0.4) is 0 Å². The minimum atomic E-state index is -4.82. The van der Waals surface area contributed by atoms with Gasteiger partial charge in [0.1, 0.15) is 0 Å². The first-order valence-electron chi connectivity index (χ1n) is 6.12. The van der Waals surface area contributed by atoms with E-state index in [1.165, 1.54) is 6.07 Å². The zero-order chi connectivity index (χ0) is 17.4. The summed E-state index contributed by atoms with van der Waals surface area (Å²) in [5, 5.41) is 8.88. The second kappa shape index (κ2) is 5.60. The van der Waals surface area contributed by atoms with Gasteiger partial charge in [-0.2, -0.15) is 26.3 Å². The highest BCUT2D eigenvalue weighted by molar-refractivity contribution is 5.90. The number of aromatic carboxylic acids is 1. The molecule has 0 bridgehead atoms. The third kappa shape index (κ3) is 3.82. The van der Waals surface area contributed by atoms with Crippen molar-refractivity contribution in [1.29, 1.82) is 0 Å². The van der Waals surface area contributed by atoms with E-state index >= 15 is 0 Å². The zero-order valence-electron chi connectivity index (χ0n) is 11.2. The Morgan fingerprint density at radius 3 is 1.87 bits per heavy atom. The van der Waals surface area contributed by atoms with Crippen molar-refractivity contribution in [1.82, 2.24) is 0 Å². The van der Waals surface area contributed by atoms with Gasteiger partial charge in [0, 0.05) is 0 Å². The lowest BCUT2D eigenvalue weighted by Crippen LogP contribution is -2.08. The normalized spacial score (nSPS) is 12.3. The lowest BCUT2D eigenvalue weighted by Gasteiger charge is -2.12. The molecule has 0 spiro atoms. The van der Waals surface area contributed by atoms with Gasteiger partial charge in [0.25, 0.3) is 0 Å². The molecule has 0 atom stereocenters. The summed E-state index contributed by atoms with van der Waals surface area (Å²) in [6, 6.07) is 5.60. The molecule has 0 amide bonds. The van der Waals surface area contributed by atoms with Gasteiger partial charge in [-0.1, -0.05) is 12.1 Å². The molecule has 0 radical (unpaired) electrons. The van der Waals surface area contributed by atoms with Crippen molar-refractivity contribution in [2.75, 3.05) is 0 Å². The maximum Gasteiger partial charge on any atom is 0.416 e. The van der Waals surface area contributed by atoms with Gasteiger partial charge in [-0.25, -0.2) is 4.79 Å². The van der Waals surface area contributed by atoms with Crippen LogP contribution < -0.4 is 0 Å². The van der Waals surface area contributed by atoms with Crippen LogP contribution in [-0.4, -0.2) is 11.1 Å². The van der Waals surface area contributed by atoms with Crippen molar-refractivity contribution < 1.29 is 36.2 Å². The van der Waals surface area contributed by atoms with Crippen molar-refractivity contribution in [2.45, 2.75) is 12.4 Å². The average molecular weight is 334 g/mol. The summed E-state index contributed by atoms with van der Waals surface area (Å²) in [5.41, 5.74) is -3.36. The fourth-order valence-corrected chi connectivity index (χ4v) is 1.96. The van der Waals surface area contributed by atoms with Gasteiger partial charge in [-0.15, -0.1) is 0 Å². The van der Waals surface area contributed by atoms with Gasteiger partial charge in [-0.05, 0) is 41.5 Å². The first-order chi connectivity index (χ1) is 10.5. The predicted molar refractivity (Wildman–Crippen MR) is 68.8 cm³/mol. The number of hydrogen-bond acceptors (Lipinski definition) is 1. The van der Waals surface area contributed by atoms with E-state index in [1.54, 1.807) is 0 Å². The fourth-order valence-electron chi connectivity index (χ4n) is 1.96. The van der Waals surface area contributed by atoms with Crippen molar-refractivity contribution in [3.8, 4) is 11.1 Å². The molecule has 8 heteroatoms. The maximum absolute atomic E-state index is 12.8. The SMILES string of the molecule is O=C(O)c1cc(-c2cccc(C(F)(F)F)c2)cc(C(F)(F)F)c1. The monoisotopic (exact) mass is 334 g/mol. The molecule has 0 aliphatic rings. The number of rotatable bonds is 2. The van der Waals surface area contributed by atoms with E-state index in [0.717, 1.165) is 18.2 Å². The summed E-state index contributed by atoms with van der Waals surface area (Å²) in [4.78, 5) is 10.9. The Hall–Kier alpha value is -2.51. The van der Waals surface area contributed by atoms with Gasteiger partial charge >= 0.3 is 18.3 Å². The quantitative estimate of drug-likeness (QED) is 0.777. The van der Waals surface area contributed by atoms with Gasteiger partial charge in [0.05, 0.1) is 16.7 Å². The van der Waals surface area contributed by atoms with Crippen LogP contribution in [0.1, 0.15) is 21.5 Å². The van der Waals surface area contributed by atoms with E-state index in [9.17, 15) is 31.1 Å². The number of alkyl halides is 6. The van der Waals surface area contributed by atoms with Crippen LogP contribution in [0.2, 0.25) is 0 Å². The summed E-state index contributed by atoms with van der Waals surface area (Å²) >= 11 is 0. The number of halogens is 6. The third-order valence-corrected chi connectivity index (χ3v) is 3.03. The molecular weight excluding hydrogens is 326 g/mol. The second-order valence-corrected chi connectivity index (χ2v) is 4.68. The van der Waals surface area contributed by atoms with Crippen molar-refractivity contribution >= 4 is 5.97 Å². The highest BCUT2D eigenvalue weighted by Gasteiger charge is 2.33. The van der Waals surface area contributed by atoms with Crippen LogP contribution in [0.15, 0.2) is 42.5 Å². The number of carboxylic acid groups (broad SMARTS) is 1. The molecule has 0 aliphatic heterocycles. The topological polar surface area (TPSA) is 37.3 Å². The summed E-state index contributed by atoms with van der Waals surface area (Å²) in [6.45, 7) is 0. The number of carbonyl (C=O) groups is 1. The number of benzene rings is 2. The summed E-state index contributed by atoms with van der Waals surface area (Å²) < 4.78 is 76.5. The van der Waals surface area contributed by atoms with E-state index in [4.69, 9.17) is 5.11 Å². The van der Waals surface area contributed by atoms with Crippen LogP contribution in [0, 0.1) is 0 Å². The van der Waals surface area contributed by atoms with Crippen LogP contribution in [0.5, 0.6) is 0 Å². The number of carboxylic acids is 1. The minimum absolute atomic E-state index is 0.159. The molecule has 0 saturated carbocycles. The van der Waals surface area contributed by atoms with Crippen LogP contribution in [-0.2, 0) is 12.4 Å². The lowest BCUT2D eigenvalue weighted by molar-refractivity contribution is -0.138. The molecule has 0 saturated heterocycles. The van der Waals surface area contributed by atoms with E-state index < -0.39 is 35.0 Å². The Kier molecular flexibility index (Phi) is 4.10. The molecule has 0 fully saturated rings. The van der Waals surface area contributed by atoms with E-state index in [1.807, 2.05) is 0 Å². The Bertz CT molecular complexity index is 746. The summed E-state index contributed by atoms with van der Waals surface area (Å²) in [7, 11) is 0. The molecule has 2 aromatic rings. The Labute approximate surface area is 126 Å². The summed E-state index contributed by atoms with van der Waals surface area (Å²) in [5.74, 6) is -1.61. The average Bonchev–Trinajstić information content (AvgIpc) is 2.45. The molecule has 23 heavy (non-hydrogen) atoms. The van der Waals surface area contributed by atoms with Gasteiger partial charge in [-0.3, -0.25) is 0 Å². The highest BCUT2D eigenvalue weighted by Crippen LogP contribution is 2.36. The largest absolute Gasteiger partial charge is 0.478 e. The fraction of sp³-hybridized carbons (Fsp3) is 0.133. The zero-order valence-corrected chi connectivity index (χ0v) is 11.2. The minimum Gasteiger partial charge on any atom is -0.478 e. The van der Waals surface area contributed by atoms with Crippen molar-refractivity contribution in [3.63, 3.8) is 0 Å². The van der Waals surface area contributed by atoms with Crippen LogP contribution >= 0.6 is 0 Å². The molecule has 0 aliphatic carbocycles. The molecule has 0 unspecified atom stereocenters. The first kappa shape index (κ1) is 16.9. The molecular formula is C15H8F6O2. The van der Waals surface area contributed by atoms with Gasteiger partial charge in [0.2, 0.25) is 0 Å². The highest BCUT2D eigenvalue weighted by atomic mass is 19.4. The molecule has 0 heterocycles. The van der Waals surface area contributed by atoms with Crippen molar-refractivity contribution in [2.24, 2.45) is 0 Å². The summed E-state index contributed by atoms with van der Waals surface area (Å²) in [6.07, 6.45) is -9.48. The lowest BCUT2D eigenvalue weighted by atomic mass is 9.98. The Morgan fingerprint density at radius 2 is 1.35 bits per heavy atom. The molecule has 2 nitrogen and oxygen atoms in total. The Morgan fingerprint density at radius 1 is 0.783 bits per heavy atom. The second-order valence-electron chi connectivity index (χ2n) is 4.68. The van der Waals surface area contributed by atoms with Crippen LogP contribution in [0.25, 0.3) is 11.1 Å². The van der Waals surface area contributed by atoms with Crippen molar-refractivity contribution in [3.05, 3.63) is 59.2 Å². The molecule has 122 valence electrons. The molecule has 1 N–H and O–H groups in total. The first-order valence-corrected chi connectivity index (χ1v) is 6.12. The Balaban J connectivity index is 2.64. The van der Waals surface area contributed by atoms with Gasteiger partial charge in [0.15, 0.2) is 0 Å². The van der Waals surface area contributed by atoms with E-state index in [0.29, 0.717) is 18.2 Å². The number of hydrogen-bond donors (Lipinski definition) is 1. The maximum atomic E-state index is 12.8. The molecule has 2 rings (SSSR count). The predicted octanol–water partition coefficient (Wildman–Crippen LogP) is 5.09. The van der Waals surface area contributed by atoms with E-state index in [2.05, 4.69) is 0 Å². The van der Waals surface area contributed by atoms with Crippen LogP contribution in [0.4, 0.5) is 26.3 Å². The molecule has 2 aromatic carbocycles. The van der Waals surface area contributed by atoms with Gasteiger partial charge < -0.3 is 5.11 Å². The standard InChI is InChI=1S/C15H8F6O2/c16-14(17,18)11-3-1-2-8(5-11)9-4-10(13(22)23)7-12(6-9)15(19,20)21/h1-7H,(H,22,23). The third-order valence-electron chi connectivity index (χ3n) is 3.03. The molecule has 0 aromatic heterocycles. The van der Waals surface area contributed by atoms with E-state index in [-0.39, 0.29) is 11.1 Å².